The molecule has 1 aliphatic heterocycles. The number of rotatable bonds is 5. The normalized spacial score (nSPS) is 13.6. The van der Waals surface area contributed by atoms with Crippen LogP contribution in [0.3, 0.4) is 0 Å². The summed E-state index contributed by atoms with van der Waals surface area (Å²) in [6.07, 6.45) is 1.71. The lowest BCUT2D eigenvalue weighted by Crippen LogP contribution is -2.35. The van der Waals surface area contributed by atoms with Crippen LogP contribution >= 0.6 is 0 Å². The van der Waals surface area contributed by atoms with Gasteiger partial charge in [-0.1, -0.05) is 25.5 Å². The Morgan fingerprint density at radius 1 is 1.26 bits per heavy atom. The molecule has 0 saturated heterocycles. The van der Waals surface area contributed by atoms with Crippen molar-refractivity contribution in [1.82, 2.24) is 0 Å². The zero-order valence-corrected chi connectivity index (χ0v) is 10.7. The largest absolute Gasteiger partial charge is 0.464 e. The molecule has 5 heteroatoms. The molecule has 0 fully saturated rings. The van der Waals surface area contributed by atoms with Crippen molar-refractivity contribution in [3.05, 3.63) is 29.8 Å². The van der Waals surface area contributed by atoms with Gasteiger partial charge in [0.15, 0.2) is 0 Å². The number of carbonyl (C=O) groups is 3. The van der Waals surface area contributed by atoms with Gasteiger partial charge < -0.3 is 4.74 Å². The lowest BCUT2D eigenvalue weighted by atomic mass is 10.1. The van der Waals surface area contributed by atoms with Crippen molar-refractivity contribution in [2.75, 3.05) is 18.1 Å². The molecule has 2 rings (SSSR count). The summed E-state index contributed by atoms with van der Waals surface area (Å²) in [4.78, 5) is 36.3. The number of para-hydroxylation sites is 1. The van der Waals surface area contributed by atoms with Crippen LogP contribution in [0.15, 0.2) is 24.3 Å². The number of amides is 1. The maximum atomic E-state index is 11.8. The first-order chi connectivity index (χ1) is 9.15. The molecule has 0 aliphatic carbocycles. The summed E-state index contributed by atoms with van der Waals surface area (Å²) in [5.74, 6) is -1.74. The summed E-state index contributed by atoms with van der Waals surface area (Å²) >= 11 is 0. The van der Waals surface area contributed by atoms with Crippen LogP contribution in [-0.4, -0.2) is 30.8 Å². The van der Waals surface area contributed by atoms with E-state index in [1.165, 1.54) is 4.90 Å². The summed E-state index contributed by atoms with van der Waals surface area (Å²) in [5, 5.41) is 0. The van der Waals surface area contributed by atoms with E-state index in [0.29, 0.717) is 17.9 Å². The van der Waals surface area contributed by atoms with Gasteiger partial charge in [0, 0.05) is 0 Å². The molecule has 0 aromatic heterocycles. The van der Waals surface area contributed by atoms with E-state index >= 15 is 0 Å². The minimum absolute atomic E-state index is 0.217. The number of fused-ring (bicyclic) bond motifs is 1. The Labute approximate surface area is 111 Å². The molecular formula is C14H15NO4. The second-order valence-electron chi connectivity index (χ2n) is 4.31. The van der Waals surface area contributed by atoms with Crippen molar-refractivity contribution in [1.29, 1.82) is 0 Å². The fourth-order valence-electron chi connectivity index (χ4n) is 1.91. The molecule has 0 bridgehead atoms. The van der Waals surface area contributed by atoms with Crippen LogP contribution in [0, 0.1) is 0 Å². The van der Waals surface area contributed by atoms with Gasteiger partial charge in [-0.2, -0.15) is 0 Å². The van der Waals surface area contributed by atoms with Gasteiger partial charge in [-0.25, -0.2) is 0 Å². The second-order valence-corrected chi connectivity index (χ2v) is 4.31. The van der Waals surface area contributed by atoms with Gasteiger partial charge >= 0.3 is 5.97 Å². The topological polar surface area (TPSA) is 63.7 Å². The molecule has 5 nitrogen and oxygen atoms in total. The van der Waals surface area contributed by atoms with Crippen LogP contribution in [0.2, 0.25) is 0 Å². The van der Waals surface area contributed by atoms with E-state index in [2.05, 4.69) is 0 Å². The highest BCUT2D eigenvalue weighted by Crippen LogP contribution is 2.28. The van der Waals surface area contributed by atoms with Gasteiger partial charge in [0.05, 0.1) is 17.9 Å². The number of benzene rings is 1. The van der Waals surface area contributed by atoms with Crippen LogP contribution in [0.4, 0.5) is 5.69 Å². The number of nitrogens with zero attached hydrogens (tertiary/aromatic N) is 1. The predicted octanol–water partition coefficient (Wildman–Crippen LogP) is 1.56. The number of ether oxygens (including phenoxy) is 1. The van der Waals surface area contributed by atoms with Crippen LogP contribution < -0.4 is 4.90 Å². The van der Waals surface area contributed by atoms with Crippen molar-refractivity contribution in [2.24, 2.45) is 0 Å². The Morgan fingerprint density at radius 2 is 2.00 bits per heavy atom. The quantitative estimate of drug-likeness (QED) is 0.458. The lowest BCUT2D eigenvalue weighted by Gasteiger charge is -2.15. The molecule has 1 aliphatic rings. The minimum Gasteiger partial charge on any atom is -0.464 e. The monoisotopic (exact) mass is 261 g/mol. The Balaban J connectivity index is 2.07. The number of hydrogen-bond acceptors (Lipinski definition) is 4. The summed E-state index contributed by atoms with van der Waals surface area (Å²) in [6.45, 7) is 2.12. The number of carbonyl (C=O) groups excluding carboxylic acids is 3. The SMILES string of the molecule is CCCCOC(=O)CN1C(=O)C(=O)c2ccccc21. The van der Waals surface area contributed by atoms with E-state index in [4.69, 9.17) is 4.74 Å². The molecule has 1 heterocycles. The van der Waals surface area contributed by atoms with Crippen molar-refractivity contribution in [3.8, 4) is 0 Å². The van der Waals surface area contributed by atoms with E-state index in [1.807, 2.05) is 6.92 Å². The van der Waals surface area contributed by atoms with Gasteiger partial charge in [0.2, 0.25) is 0 Å². The average Bonchev–Trinajstić information content (AvgIpc) is 2.65. The van der Waals surface area contributed by atoms with Crippen molar-refractivity contribution < 1.29 is 19.1 Å². The van der Waals surface area contributed by atoms with Crippen LogP contribution in [0.5, 0.6) is 0 Å². The minimum atomic E-state index is -0.673. The molecule has 0 radical (unpaired) electrons. The third-order valence-corrected chi connectivity index (χ3v) is 2.93. The maximum Gasteiger partial charge on any atom is 0.326 e. The van der Waals surface area contributed by atoms with E-state index in [0.717, 1.165) is 12.8 Å². The third-order valence-electron chi connectivity index (χ3n) is 2.93. The molecule has 0 spiro atoms. The molecule has 19 heavy (non-hydrogen) atoms. The fraction of sp³-hybridized carbons (Fsp3) is 0.357. The average molecular weight is 261 g/mol. The van der Waals surface area contributed by atoms with Gasteiger partial charge in [-0.15, -0.1) is 0 Å². The predicted molar refractivity (Wildman–Crippen MR) is 69.0 cm³/mol. The summed E-state index contributed by atoms with van der Waals surface area (Å²) < 4.78 is 5.00. The first-order valence-electron chi connectivity index (χ1n) is 6.26. The number of hydrogen-bond donors (Lipinski definition) is 0. The Bertz CT molecular complexity index is 524. The van der Waals surface area contributed by atoms with Crippen LogP contribution in [-0.2, 0) is 14.3 Å². The molecule has 100 valence electrons. The highest BCUT2D eigenvalue weighted by atomic mass is 16.5. The first kappa shape index (κ1) is 13.3. The van der Waals surface area contributed by atoms with Crippen LogP contribution in [0.25, 0.3) is 0 Å². The summed E-state index contributed by atoms with van der Waals surface area (Å²) in [7, 11) is 0. The molecule has 0 saturated carbocycles. The van der Waals surface area contributed by atoms with Gasteiger partial charge in [0.1, 0.15) is 6.54 Å². The van der Waals surface area contributed by atoms with E-state index in [9.17, 15) is 14.4 Å². The molecule has 0 atom stereocenters. The van der Waals surface area contributed by atoms with Crippen molar-refractivity contribution in [3.63, 3.8) is 0 Å². The molecular weight excluding hydrogens is 246 g/mol. The summed E-state index contributed by atoms with van der Waals surface area (Å²) in [6, 6.07) is 6.64. The lowest BCUT2D eigenvalue weighted by molar-refractivity contribution is -0.142. The maximum absolute atomic E-state index is 11.8. The van der Waals surface area contributed by atoms with Crippen molar-refractivity contribution >= 4 is 23.3 Å². The van der Waals surface area contributed by atoms with Gasteiger partial charge in [-0.05, 0) is 18.6 Å². The zero-order chi connectivity index (χ0) is 13.8. The molecule has 1 aromatic rings. The Kier molecular flexibility index (Phi) is 3.94. The zero-order valence-electron chi connectivity index (χ0n) is 10.7. The molecule has 1 amide bonds. The highest BCUT2D eigenvalue weighted by Gasteiger charge is 2.36. The molecule has 0 N–H and O–H groups in total. The van der Waals surface area contributed by atoms with Crippen molar-refractivity contribution in [2.45, 2.75) is 19.8 Å². The van der Waals surface area contributed by atoms with E-state index < -0.39 is 17.7 Å². The Morgan fingerprint density at radius 3 is 2.74 bits per heavy atom. The van der Waals surface area contributed by atoms with E-state index in [1.54, 1.807) is 24.3 Å². The standard InChI is InChI=1S/C14H15NO4/c1-2-3-8-19-12(16)9-15-11-7-5-4-6-10(11)13(17)14(15)18/h4-7H,2-3,8-9H2,1H3. The number of unbranched alkanes of at least 4 members (excludes halogenated alkanes) is 1. The van der Waals surface area contributed by atoms with Gasteiger partial charge in [-0.3, -0.25) is 19.3 Å². The number of ketones is 1. The van der Waals surface area contributed by atoms with Crippen LogP contribution in [0.1, 0.15) is 30.1 Å². The number of Topliss-reactive ketones (excluding diaryl/α,β-unsaturated/α-hetero) is 1. The Hall–Kier alpha value is -2.17. The van der Waals surface area contributed by atoms with Gasteiger partial charge in [0.25, 0.3) is 11.7 Å². The van der Waals surface area contributed by atoms with E-state index in [-0.39, 0.29) is 6.54 Å². The number of esters is 1. The molecule has 0 unspecified atom stereocenters. The highest BCUT2D eigenvalue weighted by molar-refractivity contribution is 6.52. The molecule has 1 aromatic carbocycles. The smallest absolute Gasteiger partial charge is 0.326 e. The number of anilines is 1. The summed E-state index contributed by atoms with van der Waals surface area (Å²) in [5.41, 5.74) is 0.818. The first-order valence-corrected chi connectivity index (χ1v) is 6.26. The second kappa shape index (κ2) is 5.65. The third kappa shape index (κ3) is 2.65. The fourth-order valence-corrected chi connectivity index (χ4v) is 1.91.